The lowest BCUT2D eigenvalue weighted by Crippen LogP contribution is -2.48. The van der Waals surface area contributed by atoms with Crippen LogP contribution in [-0.4, -0.2) is 34.8 Å². The molecular formula is C11H13BrN4O2. The third-order valence-electron chi connectivity index (χ3n) is 2.90. The fourth-order valence-corrected chi connectivity index (χ4v) is 2.29. The second-order valence-electron chi connectivity index (χ2n) is 4.11. The van der Waals surface area contributed by atoms with Crippen LogP contribution in [0.5, 0.6) is 0 Å². The molecule has 0 saturated carbocycles. The average Bonchev–Trinajstić information content (AvgIpc) is 2.34. The van der Waals surface area contributed by atoms with Crippen LogP contribution >= 0.6 is 15.9 Å². The summed E-state index contributed by atoms with van der Waals surface area (Å²) in [6.45, 7) is 0. The van der Waals surface area contributed by atoms with E-state index in [4.69, 9.17) is 5.73 Å². The normalized spacial score (nSPS) is 20.1. The Labute approximate surface area is 113 Å². The van der Waals surface area contributed by atoms with Gasteiger partial charge in [0.2, 0.25) is 5.91 Å². The fraction of sp³-hybridized carbons (Fsp3) is 0.364. The number of rotatable bonds is 2. The Kier molecular flexibility index (Phi) is 3.51. The molecule has 7 heteroatoms. The smallest absolute Gasteiger partial charge is 0.251 e. The molecule has 0 aliphatic carbocycles. The topological polar surface area (TPSA) is 88.3 Å². The highest BCUT2D eigenvalue weighted by Crippen LogP contribution is 2.29. The van der Waals surface area contributed by atoms with Crippen molar-refractivity contribution in [2.45, 2.75) is 18.9 Å². The van der Waals surface area contributed by atoms with Crippen molar-refractivity contribution in [1.82, 2.24) is 9.88 Å². The number of amides is 2. The summed E-state index contributed by atoms with van der Waals surface area (Å²) in [5.41, 5.74) is 6.89. The van der Waals surface area contributed by atoms with E-state index >= 15 is 0 Å². The van der Waals surface area contributed by atoms with Gasteiger partial charge < -0.3 is 11.1 Å². The molecule has 2 rings (SSSR count). The molecule has 1 aliphatic heterocycles. The predicted octanol–water partition coefficient (Wildman–Crippen LogP) is 0.986. The van der Waals surface area contributed by atoms with Crippen molar-refractivity contribution in [3.63, 3.8) is 0 Å². The molecule has 96 valence electrons. The average molecular weight is 313 g/mol. The van der Waals surface area contributed by atoms with Crippen LogP contribution in [0.15, 0.2) is 16.9 Å². The third-order valence-corrected chi connectivity index (χ3v) is 3.50. The largest absolute Gasteiger partial charge is 0.396 e. The summed E-state index contributed by atoms with van der Waals surface area (Å²) < 4.78 is 0.690. The Morgan fingerprint density at radius 3 is 2.89 bits per heavy atom. The molecule has 1 atom stereocenters. The molecule has 1 unspecified atom stereocenters. The first-order valence-corrected chi connectivity index (χ1v) is 6.26. The van der Waals surface area contributed by atoms with E-state index in [1.165, 1.54) is 13.2 Å². The molecule has 3 N–H and O–H groups in total. The number of halogens is 1. The summed E-state index contributed by atoms with van der Waals surface area (Å²) >= 11 is 3.32. The zero-order chi connectivity index (χ0) is 13.3. The Balaban J connectivity index is 2.19. The van der Waals surface area contributed by atoms with Gasteiger partial charge in [-0.2, -0.15) is 0 Å². The number of nitrogens with zero attached hydrogens (tertiary/aromatic N) is 2. The lowest BCUT2D eigenvalue weighted by atomic mass is 10.0. The first kappa shape index (κ1) is 12.8. The SMILES string of the molecule is CN1C(=O)CCC(Nc2c(N)cncc2Br)C1=O. The Morgan fingerprint density at radius 2 is 2.22 bits per heavy atom. The number of likely N-dealkylation sites (N-methyl/N-ethyl adjacent to an activating group) is 1. The molecule has 1 aromatic heterocycles. The van der Waals surface area contributed by atoms with Gasteiger partial charge in [-0.05, 0) is 22.4 Å². The zero-order valence-electron chi connectivity index (χ0n) is 9.81. The number of likely N-dealkylation sites (tertiary alicyclic amines) is 1. The number of carbonyl (C=O) groups is 2. The van der Waals surface area contributed by atoms with E-state index in [9.17, 15) is 9.59 Å². The van der Waals surface area contributed by atoms with Crippen molar-refractivity contribution in [3.8, 4) is 0 Å². The van der Waals surface area contributed by atoms with E-state index in [1.807, 2.05) is 0 Å². The van der Waals surface area contributed by atoms with Crippen molar-refractivity contribution in [3.05, 3.63) is 16.9 Å². The van der Waals surface area contributed by atoms with Crippen LogP contribution in [-0.2, 0) is 9.59 Å². The van der Waals surface area contributed by atoms with E-state index in [0.29, 0.717) is 28.7 Å². The summed E-state index contributed by atoms with van der Waals surface area (Å²) in [7, 11) is 1.49. The molecule has 0 aromatic carbocycles. The van der Waals surface area contributed by atoms with E-state index in [1.54, 1.807) is 6.20 Å². The molecule has 1 aliphatic rings. The predicted molar refractivity (Wildman–Crippen MR) is 70.8 cm³/mol. The lowest BCUT2D eigenvalue weighted by Gasteiger charge is -2.29. The minimum absolute atomic E-state index is 0.153. The Morgan fingerprint density at radius 1 is 1.50 bits per heavy atom. The molecule has 18 heavy (non-hydrogen) atoms. The van der Waals surface area contributed by atoms with Gasteiger partial charge >= 0.3 is 0 Å². The summed E-state index contributed by atoms with van der Waals surface area (Å²) in [6, 6.07) is -0.436. The van der Waals surface area contributed by atoms with Crippen molar-refractivity contribution >= 4 is 39.1 Å². The first-order chi connectivity index (χ1) is 8.50. The number of aromatic nitrogens is 1. The van der Waals surface area contributed by atoms with Crippen molar-refractivity contribution in [2.24, 2.45) is 0 Å². The number of hydrogen-bond acceptors (Lipinski definition) is 5. The number of imide groups is 1. The van der Waals surface area contributed by atoms with E-state index in [-0.39, 0.29) is 11.8 Å². The van der Waals surface area contributed by atoms with Gasteiger partial charge in [0.05, 0.1) is 22.0 Å². The number of piperidine rings is 1. The Hall–Kier alpha value is -1.63. The molecule has 0 spiro atoms. The molecule has 1 saturated heterocycles. The Bertz CT molecular complexity index is 486. The van der Waals surface area contributed by atoms with Gasteiger partial charge in [-0.1, -0.05) is 0 Å². The molecule has 1 fully saturated rings. The van der Waals surface area contributed by atoms with Crippen LogP contribution in [0, 0.1) is 0 Å². The summed E-state index contributed by atoms with van der Waals surface area (Å²) in [6.07, 6.45) is 3.93. The number of carbonyl (C=O) groups excluding carboxylic acids is 2. The highest BCUT2D eigenvalue weighted by molar-refractivity contribution is 9.10. The molecule has 6 nitrogen and oxygen atoms in total. The van der Waals surface area contributed by atoms with Gasteiger partial charge in [-0.25, -0.2) is 0 Å². The highest BCUT2D eigenvalue weighted by Gasteiger charge is 2.32. The molecular weight excluding hydrogens is 300 g/mol. The molecule has 0 bridgehead atoms. The standard InChI is InChI=1S/C11H13BrN4O2/c1-16-9(17)3-2-8(11(16)18)15-10-6(12)4-14-5-7(10)13/h4-5,8H,2-3,13H2,1H3,(H,14,15). The van der Waals surface area contributed by atoms with E-state index in [0.717, 1.165) is 4.90 Å². The maximum Gasteiger partial charge on any atom is 0.251 e. The quantitative estimate of drug-likeness (QED) is 0.795. The minimum Gasteiger partial charge on any atom is -0.396 e. The maximum atomic E-state index is 11.9. The van der Waals surface area contributed by atoms with Crippen LogP contribution < -0.4 is 11.1 Å². The number of nitrogens with one attached hydrogen (secondary N) is 1. The van der Waals surface area contributed by atoms with Gasteiger partial charge in [-0.15, -0.1) is 0 Å². The molecule has 0 radical (unpaired) electrons. The number of anilines is 2. The van der Waals surface area contributed by atoms with Gasteiger partial charge in [0.1, 0.15) is 6.04 Å². The number of pyridine rings is 1. The fourth-order valence-electron chi connectivity index (χ4n) is 1.83. The van der Waals surface area contributed by atoms with Gasteiger partial charge in [0.15, 0.2) is 0 Å². The second-order valence-corrected chi connectivity index (χ2v) is 4.97. The van der Waals surface area contributed by atoms with Crippen molar-refractivity contribution < 1.29 is 9.59 Å². The minimum atomic E-state index is -0.436. The molecule has 1 aromatic rings. The van der Waals surface area contributed by atoms with Crippen LogP contribution in [0.3, 0.4) is 0 Å². The van der Waals surface area contributed by atoms with Crippen LogP contribution in [0.4, 0.5) is 11.4 Å². The summed E-state index contributed by atoms with van der Waals surface area (Å²) in [4.78, 5) is 28.4. The lowest BCUT2D eigenvalue weighted by molar-refractivity contribution is -0.146. The summed E-state index contributed by atoms with van der Waals surface area (Å²) in [5, 5.41) is 3.06. The van der Waals surface area contributed by atoms with Gasteiger partial charge in [0, 0.05) is 19.7 Å². The van der Waals surface area contributed by atoms with E-state index < -0.39 is 6.04 Å². The third kappa shape index (κ3) is 2.31. The van der Waals surface area contributed by atoms with Crippen LogP contribution in [0.1, 0.15) is 12.8 Å². The van der Waals surface area contributed by atoms with Gasteiger partial charge in [0.25, 0.3) is 5.91 Å². The number of hydrogen-bond donors (Lipinski definition) is 2. The highest BCUT2D eigenvalue weighted by atomic mass is 79.9. The zero-order valence-corrected chi connectivity index (χ0v) is 11.4. The van der Waals surface area contributed by atoms with Gasteiger partial charge in [-0.3, -0.25) is 19.5 Å². The summed E-state index contributed by atoms with van der Waals surface area (Å²) in [5.74, 6) is -0.394. The monoisotopic (exact) mass is 312 g/mol. The number of nitrogens with two attached hydrogens (primary N) is 1. The van der Waals surface area contributed by atoms with Crippen molar-refractivity contribution in [2.75, 3.05) is 18.1 Å². The number of nitrogen functional groups attached to an aromatic ring is 1. The first-order valence-electron chi connectivity index (χ1n) is 5.46. The van der Waals surface area contributed by atoms with Crippen LogP contribution in [0.25, 0.3) is 0 Å². The van der Waals surface area contributed by atoms with Crippen LogP contribution in [0.2, 0.25) is 0 Å². The van der Waals surface area contributed by atoms with E-state index in [2.05, 4.69) is 26.2 Å². The van der Waals surface area contributed by atoms with Crippen molar-refractivity contribution in [1.29, 1.82) is 0 Å². The molecule has 2 amide bonds. The second kappa shape index (κ2) is 4.93. The maximum absolute atomic E-state index is 11.9. The molecule has 2 heterocycles.